The molecule has 6 nitrogen and oxygen atoms in total. The first-order valence-corrected chi connectivity index (χ1v) is 13.8. The predicted octanol–water partition coefficient (Wildman–Crippen LogP) is 6.47. The van der Waals surface area contributed by atoms with Crippen LogP contribution in [0.15, 0.2) is 66.7 Å². The van der Waals surface area contributed by atoms with Gasteiger partial charge in [0.15, 0.2) is 0 Å². The van der Waals surface area contributed by atoms with Crippen molar-refractivity contribution < 1.29 is 19.1 Å². The van der Waals surface area contributed by atoms with E-state index in [-0.39, 0.29) is 29.5 Å². The fourth-order valence-corrected chi connectivity index (χ4v) is 6.94. The molecule has 3 aliphatic rings. The molecule has 6 heteroatoms. The molecule has 1 aliphatic carbocycles. The minimum absolute atomic E-state index is 0.137. The smallest absolute Gasteiger partial charge is 0.410 e. The second kappa shape index (κ2) is 9.64. The van der Waals surface area contributed by atoms with Crippen molar-refractivity contribution in [3.8, 4) is 0 Å². The van der Waals surface area contributed by atoms with E-state index in [1.54, 1.807) is 11.0 Å². The average molecular weight is 513 g/mol. The van der Waals surface area contributed by atoms with Crippen LogP contribution in [0, 0.1) is 11.8 Å². The maximum Gasteiger partial charge on any atom is 0.410 e. The molecule has 0 unspecified atom stereocenters. The van der Waals surface area contributed by atoms with Gasteiger partial charge in [0.1, 0.15) is 18.2 Å². The molecule has 5 atom stereocenters. The van der Waals surface area contributed by atoms with Gasteiger partial charge < -0.3 is 14.5 Å². The maximum atomic E-state index is 14.0. The molecule has 2 aliphatic heterocycles. The molecule has 3 aromatic rings. The van der Waals surface area contributed by atoms with Crippen molar-refractivity contribution in [2.45, 2.75) is 70.1 Å². The van der Waals surface area contributed by atoms with E-state index in [4.69, 9.17) is 9.47 Å². The predicted molar refractivity (Wildman–Crippen MR) is 147 cm³/mol. The first kappa shape index (κ1) is 24.8. The minimum atomic E-state index is -0.552. The van der Waals surface area contributed by atoms with Crippen molar-refractivity contribution in [3.63, 3.8) is 0 Å². The Kier molecular flexibility index (Phi) is 6.29. The Balaban J connectivity index is 1.31. The number of nitrogens with zero attached hydrogens (tertiary/aromatic N) is 1. The standard InChI is InChI=1S/C32H36N2O4/c1-20-13-14-24(32(2,3)21-9-5-4-6-10-21)27(19-20)38-31(36)34-18-17-23-22-11-7-8-12-25(22)33-29(23)30(34)26-15-16-28(35)37-26/h4-12,15-16,20,24,26-27,30,33H,13-14,17-19H2,1-3H3/t20-,24-,26+,27-,30+/m1/s1. The Morgan fingerprint density at radius 2 is 1.84 bits per heavy atom. The molecular formula is C32H36N2O4. The van der Waals surface area contributed by atoms with Gasteiger partial charge in [-0.1, -0.05) is 75.7 Å². The van der Waals surface area contributed by atoms with E-state index >= 15 is 0 Å². The number of carbonyl (C=O) groups excluding carboxylic acids is 2. The SMILES string of the molecule is C[C@@H]1CC[C@@H](C(C)(C)c2ccccc2)[C@H](OC(=O)N2CCc3c([nH]c4ccccc34)[C@@H]2[C@@H]2C=CC(=O)O2)C1. The number of esters is 1. The van der Waals surface area contributed by atoms with Crippen molar-refractivity contribution in [2.75, 3.05) is 6.54 Å². The third-order valence-corrected chi connectivity index (χ3v) is 9.05. The molecule has 1 amide bonds. The summed E-state index contributed by atoms with van der Waals surface area (Å²) in [5.74, 6) is 0.324. The summed E-state index contributed by atoms with van der Waals surface area (Å²) in [6, 6.07) is 18.3. The summed E-state index contributed by atoms with van der Waals surface area (Å²) in [7, 11) is 0. The number of amides is 1. The second-order valence-electron chi connectivity index (χ2n) is 11.7. The number of H-pyrrole nitrogens is 1. The van der Waals surface area contributed by atoms with E-state index in [1.807, 2.05) is 24.3 Å². The molecule has 38 heavy (non-hydrogen) atoms. The topological polar surface area (TPSA) is 71.6 Å². The van der Waals surface area contributed by atoms with Crippen LogP contribution < -0.4 is 0 Å². The number of benzene rings is 2. The number of aromatic amines is 1. The van der Waals surface area contributed by atoms with Gasteiger partial charge in [0.05, 0.1) is 0 Å². The Labute approximate surface area is 224 Å². The van der Waals surface area contributed by atoms with E-state index in [0.717, 1.165) is 42.3 Å². The molecule has 198 valence electrons. The first-order chi connectivity index (χ1) is 18.3. The molecule has 1 N–H and O–H groups in total. The molecule has 6 rings (SSSR count). The molecule has 0 bridgehead atoms. The van der Waals surface area contributed by atoms with Crippen LogP contribution in [0.1, 0.15) is 62.9 Å². The third-order valence-electron chi connectivity index (χ3n) is 9.05. The van der Waals surface area contributed by atoms with E-state index in [2.05, 4.69) is 56.1 Å². The van der Waals surface area contributed by atoms with Gasteiger partial charge in [0.25, 0.3) is 0 Å². The lowest BCUT2D eigenvalue weighted by Gasteiger charge is -2.45. The number of rotatable bonds is 4. The highest BCUT2D eigenvalue weighted by Gasteiger charge is 2.45. The van der Waals surface area contributed by atoms with E-state index in [1.165, 1.54) is 17.2 Å². The highest BCUT2D eigenvalue weighted by atomic mass is 16.6. The number of cyclic esters (lactones) is 1. The van der Waals surface area contributed by atoms with Crippen LogP contribution >= 0.6 is 0 Å². The van der Waals surface area contributed by atoms with Crippen LogP contribution in [0.4, 0.5) is 4.79 Å². The van der Waals surface area contributed by atoms with Gasteiger partial charge in [-0.3, -0.25) is 4.90 Å². The van der Waals surface area contributed by atoms with E-state index in [9.17, 15) is 9.59 Å². The second-order valence-corrected chi connectivity index (χ2v) is 11.7. The minimum Gasteiger partial charge on any atom is -0.452 e. The summed E-state index contributed by atoms with van der Waals surface area (Å²) >= 11 is 0. The van der Waals surface area contributed by atoms with Crippen LogP contribution in [-0.4, -0.2) is 40.7 Å². The van der Waals surface area contributed by atoms with Crippen LogP contribution in [0.2, 0.25) is 0 Å². The number of hydrogen-bond donors (Lipinski definition) is 1. The third kappa shape index (κ3) is 4.30. The van der Waals surface area contributed by atoms with Crippen molar-refractivity contribution in [2.24, 2.45) is 11.8 Å². The summed E-state index contributed by atoms with van der Waals surface area (Å²) in [5.41, 5.74) is 4.26. The first-order valence-electron chi connectivity index (χ1n) is 13.8. The molecule has 0 spiro atoms. The van der Waals surface area contributed by atoms with Gasteiger partial charge in [-0.25, -0.2) is 9.59 Å². The maximum absolute atomic E-state index is 14.0. The van der Waals surface area contributed by atoms with Crippen LogP contribution in [-0.2, 0) is 26.1 Å². The van der Waals surface area contributed by atoms with E-state index < -0.39 is 12.1 Å². The number of nitrogens with one attached hydrogen (secondary N) is 1. The lowest BCUT2D eigenvalue weighted by Crippen LogP contribution is -2.49. The highest BCUT2D eigenvalue weighted by molar-refractivity contribution is 5.87. The van der Waals surface area contributed by atoms with Crippen LogP contribution in [0.5, 0.6) is 0 Å². The van der Waals surface area contributed by atoms with Crippen molar-refractivity contribution in [3.05, 3.63) is 83.6 Å². The molecule has 0 saturated heterocycles. The summed E-state index contributed by atoms with van der Waals surface area (Å²) < 4.78 is 12.1. The van der Waals surface area contributed by atoms with Crippen molar-refractivity contribution >= 4 is 23.0 Å². The normalized spacial score (nSPS) is 27.3. The summed E-state index contributed by atoms with van der Waals surface area (Å²) in [6.07, 6.45) is 5.85. The Morgan fingerprint density at radius 1 is 1.08 bits per heavy atom. The molecule has 1 fully saturated rings. The molecule has 0 radical (unpaired) electrons. The fourth-order valence-electron chi connectivity index (χ4n) is 6.94. The van der Waals surface area contributed by atoms with Gasteiger partial charge in [0.2, 0.25) is 0 Å². The Hall–Kier alpha value is -3.54. The van der Waals surface area contributed by atoms with Crippen molar-refractivity contribution in [1.82, 2.24) is 9.88 Å². The van der Waals surface area contributed by atoms with E-state index in [0.29, 0.717) is 12.5 Å². The number of hydrogen-bond acceptors (Lipinski definition) is 4. The molecule has 1 saturated carbocycles. The molecule has 2 aromatic carbocycles. The number of aromatic nitrogens is 1. The lowest BCUT2D eigenvalue weighted by molar-refractivity contribution is -0.141. The van der Waals surface area contributed by atoms with Crippen molar-refractivity contribution in [1.29, 1.82) is 0 Å². The largest absolute Gasteiger partial charge is 0.452 e. The lowest BCUT2D eigenvalue weighted by atomic mass is 9.64. The number of fused-ring (bicyclic) bond motifs is 3. The number of para-hydroxylation sites is 1. The molecule has 3 heterocycles. The average Bonchev–Trinajstić information content (AvgIpc) is 3.51. The summed E-state index contributed by atoms with van der Waals surface area (Å²) in [4.78, 5) is 31.3. The summed E-state index contributed by atoms with van der Waals surface area (Å²) in [6.45, 7) is 7.30. The highest BCUT2D eigenvalue weighted by Crippen LogP contribution is 2.45. The van der Waals surface area contributed by atoms with Crippen LogP contribution in [0.25, 0.3) is 10.9 Å². The van der Waals surface area contributed by atoms with Crippen LogP contribution in [0.3, 0.4) is 0 Å². The van der Waals surface area contributed by atoms with Gasteiger partial charge in [-0.15, -0.1) is 0 Å². The number of carbonyl (C=O) groups is 2. The number of ether oxygens (including phenoxy) is 2. The Bertz CT molecular complexity index is 1370. The molecular weight excluding hydrogens is 476 g/mol. The van der Waals surface area contributed by atoms with Gasteiger partial charge in [-0.2, -0.15) is 0 Å². The quantitative estimate of drug-likeness (QED) is 0.407. The van der Waals surface area contributed by atoms with Gasteiger partial charge in [0, 0.05) is 35.1 Å². The molecule has 1 aromatic heterocycles. The zero-order valence-corrected chi connectivity index (χ0v) is 22.4. The van der Waals surface area contributed by atoms with Gasteiger partial charge >= 0.3 is 12.1 Å². The zero-order valence-electron chi connectivity index (χ0n) is 22.4. The summed E-state index contributed by atoms with van der Waals surface area (Å²) in [5, 5.41) is 1.15. The zero-order chi connectivity index (χ0) is 26.4. The fraction of sp³-hybridized carbons (Fsp3) is 0.438. The Morgan fingerprint density at radius 3 is 2.61 bits per heavy atom. The van der Waals surface area contributed by atoms with Gasteiger partial charge in [-0.05, 0) is 53.9 Å². The monoisotopic (exact) mass is 512 g/mol.